The van der Waals surface area contributed by atoms with Gasteiger partial charge in [-0.3, -0.25) is 4.79 Å². The van der Waals surface area contributed by atoms with Crippen LogP contribution in [0.25, 0.3) is 0 Å². The van der Waals surface area contributed by atoms with E-state index >= 15 is 0 Å². The molecule has 0 amide bonds. The molecule has 4 nitrogen and oxygen atoms in total. The zero-order valence-electron chi connectivity index (χ0n) is 7.93. The maximum atomic E-state index is 10.6. The zero-order valence-corrected chi connectivity index (χ0v) is 7.93. The number of para-hydroxylation sites is 1. The average Bonchev–Trinajstić information content (AvgIpc) is 2.16. The monoisotopic (exact) mass is 195 g/mol. The molecule has 0 spiro atoms. The van der Waals surface area contributed by atoms with Crippen molar-refractivity contribution in [2.45, 2.75) is 12.5 Å². The summed E-state index contributed by atoms with van der Waals surface area (Å²) in [4.78, 5) is 10.6. The smallest absolute Gasteiger partial charge is 0.326 e. The van der Waals surface area contributed by atoms with Gasteiger partial charge in [0.15, 0.2) is 0 Å². The number of hydrogen-bond acceptors (Lipinski definition) is 3. The summed E-state index contributed by atoms with van der Waals surface area (Å²) in [6, 6.07) is 8.97. The van der Waals surface area contributed by atoms with Crippen LogP contribution in [-0.2, 0) is 4.79 Å². The van der Waals surface area contributed by atoms with Gasteiger partial charge in [0.25, 0.3) is 0 Å². The Hall–Kier alpha value is -1.55. The molecule has 0 fully saturated rings. The average molecular weight is 195 g/mol. The number of carbonyl (C=O) groups is 1. The van der Waals surface area contributed by atoms with Crippen LogP contribution in [0.2, 0.25) is 0 Å². The SMILES string of the molecule is CC(N)(COc1ccccc1)C(=O)O. The Morgan fingerprint density at radius 1 is 1.50 bits per heavy atom. The molecule has 1 aromatic carbocycles. The van der Waals surface area contributed by atoms with Crippen LogP contribution in [0.5, 0.6) is 5.75 Å². The van der Waals surface area contributed by atoms with E-state index in [4.69, 9.17) is 15.6 Å². The normalized spacial score (nSPS) is 14.4. The van der Waals surface area contributed by atoms with E-state index in [-0.39, 0.29) is 6.61 Å². The number of benzene rings is 1. The summed E-state index contributed by atoms with van der Waals surface area (Å²) in [5, 5.41) is 8.71. The lowest BCUT2D eigenvalue weighted by Crippen LogP contribution is -2.49. The molecule has 0 saturated carbocycles. The first kappa shape index (κ1) is 10.5. The topological polar surface area (TPSA) is 72.5 Å². The first-order valence-electron chi connectivity index (χ1n) is 4.22. The van der Waals surface area contributed by atoms with E-state index in [9.17, 15) is 4.79 Å². The Morgan fingerprint density at radius 3 is 2.57 bits per heavy atom. The van der Waals surface area contributed by atoms with Gasteiger partial charge in [-0.2, -0.15) is 0 Å². The highest BCUT2D eigenvalue weighted by atomic mass is 16.5. The van der Waals surface area contributed by atoms with E-state index in [0.717, 1.165) is 0 Å². The summed E-state index contributed by atoms with van der Waals surface area (Å²) in [5.41, 5.74) is 4.13. The van der Waals surface area contributed by atoms with Gasteiger partial charge in [0.2, 0.25) is 0 Å². The third kappa shape index (κ3) is 2.74. The summed E-state index contributed by atoms with van der Waals surface area (Å²) in [5.74, 6) is -0.459. The lowest BCUT2D eigenvalue weighted by atomic mass is 10.1. The molecule has 1 unspecified atom stereocenters. The van der Waals surface area contributed by atoms with Crippen molar-refractivity contribution >= 4 is 5.97 Å². The Morgan fingerprint density at radius 2 is 2.07 bits per heavy atom. The molecule has 0 bridgehead atoms. The summed E-state index contributed by atoms with van der Waals surface area (Å²) in [6.45, 7) is 1.37. The molecular formula is C10H13NO3. The van der Waals surface area contributed by atoms with Crippen molar-refractivity contribution in [3.63, 3.8) is 0 Å². The molecule has 1 aromatic rings. The van der Waals surface area contributed by atoms with Crippen molar-refractivity contribution in [3.05, 3.63) is 30.3 Å². The van der Waals surface area contributed by atoms with Gasteiger partial charge < -0.3 is 15.6 Å². The van der Waals surface area contributed by atoms with Gasteiger partial charge in [-0.15, -0.1) is 0 Å². The highest BCUT2D eigenvalue weighted by molar-refractivity contribution is 5.78. The van der Waals surface area contributed by atoms with Crippen molar-refractivity contribution in [1.29, 1.82) is 0 Å². The predicted molar refractivity (Wildman–Crippen MR) is 52.2 cm³/mol. The molecule has 14 heavy (non-hydrogen) atoms. The Kier molecular flexibility index (Phi) is 3.09. The van der Waals surface area contributed by atoms with Crippen molar-refractivity contribution in [2.24, 2.45) is 5.73 Å². The molecule has 76 valence electrons. The van der Waals surface area contributed by atoms with Crippen molar-refractivity contribution < 1.29 is 14.6 Å². The first-order valence-corrected chi connectivity index (χ1v) is 4.22. The Balaban J connectivity index is 2.53. The minimum Gasteiger partial charge on any atom is -0.491 e. The van der Waals surface area contributed by atoms with E-state index in [1.54, 1.807) is 12.1 Å². The molecule has 0 aliphatic rings. The first-order chi connectivity index (χ1) is 6.52. The molecule has 0 saturated heterocycles. The fraction of sp³-hybridized carbons (Fsp3) is 0.300. The van der Waals surface area contributed by atoms with Crippen LogP contribution < -0.4 is 10.5 Å². The van der Waals surface area contributed by atoms with Crippen LogP contribution in [-0.4, -0.2) is 23.2 Å². The maximum absolute atomic E-state index is 10.6. The largest absolute Gasteiger partial charge is 0.491 e. The number of ether oxygens (including phenoxy) is 1. The number of rotatable bonds is 4. The lowest BCUT2D eigenvalue weighted by molar-refractivity contribution is -0.143. The van der Waals surface area contributed by atoms with Gasteiger partial charge in [0, 0.05) is 0 Å². The molecule has 0 aromatic heterocycles. The molecule has 4 heteroatoms. The molecule has 1 rings (SSSR count). The van der Waals surface area contributed by atoms with Crippen LogP contribution >= 0.6 is 0 Å². The van der Waals surface area contributed by atoms with Gasteiger partial charge in [0.1, 0.15) is 17.9 Å². The molecular weight excluding hydrogens is 182 g/mol. The van der Waals surface area contributed by atoms with Gasteiger partial charge in [0.05, 0.1) is 0 Å². The number of carboxylic acids is 1. The van der Waals surface area contributed by atoms with E-state index in [2.05, 4.69) is 0 Å². The zero-order chi connectivity index (χ0) is 10.6. The second-order valence-electron chi connectivity index (χ2n) is 3.32. The highest BCUT2D eigenvalue weighted by Crippen LogP contribution is 2.10. The van der Waals surface area contributed by atoms with Gasteiger partial charge in [-0.1, -0.05) is 18.2 Å². The molecule has 0 aliphatic heterocycles. The fourth-order valence-corrected chi connectivity index (χ4v) is 0.812. The lowest BCUT2D eigenvalue weighted by Gasteiger charge is -2.19. The molecule has 0 heterocycles. The van der Waals surface area contributed by atoms with E-state index in [0.29, 0.717) is 5.75 Å². The quantitative estimate of drug-likeness (QED) is 0.747. The van der Waals surface area contributed by atoms with E-state index < -0.39 is 11.5 Å². The minimum absolute atomic E-state index is 0.0493. The number of carboxylic acid groups (broad SMARTS) is 1. The Labute approximate surface area is 82.3 Å². The standard InChI is InChI=1S/C10H13NO3/c1-10(11,9(12)13)7-14-8-5-3-2-4-6-8/h2-6H,7,11H2,1H3,(H,12,13). The summed E-state index contributed by atoms with van der Waals surface area (Å²) in [6.07, 6.45) is 0. The van der Waals surface area contributed by atoms with Crippen molar-refractivity contribution in [2.75, 3.05) is 6.61 Å². The van der Waals surface area contributed by atoms with Crippen LogP contribution in [0.1, 0.15) is 6.92 Å². The maximum Gasteiger partial charge on any atom is 0.326 e. The summed E-state index contributed by atoms with van der Waals surface area (Å²) >= 11 is 0. The summed E-state index contributed by atoms with van der Waals surface area (Å²) in [7, 11) is 0. The van der Waals surface area contributed by atoms with Crippen LogP contribution in [0.3, 0.4) is 0 Å². The number of nitrogens with two attached hydrogens (primary N) is 1. The predicted octanol–water partition coefficient (Wildman–Crippen LogP) is 0.867. The molecule has 3 N–H and O–H groups in total. The van der Waals surface area contributed by atoms with E-state index in [1.807, 2.05) is 18.2 Å². The second-order valence-corrected chi connectivity index (χ2v) is 3.32. The minimum atomic E-state index is -1.35. The highest BCUT2D eigenvalue weighted by Gasteiger charge is 2.28. The fourth-order valence-electron chi connectivity index (χ4n) is 0.812. The molecule has 0 aliphatic carbocycles. The van der Waals surface area contributed by atoms with Crippen molar-refractivity contribution in [1.82, 2.24) is 0 Å². The van der Waals surface area contributed by atoms with E-state index in [1.165, 1.54) is 6.92 Å². The van der Waals surface area contributed by atoms with Crippen molar-refractivity contribution in [3.8, 4) is 5.75 Å². The van der Waals surface area contributed by atoms with Gasteiger partial charge in [-0.05, 0) is 19.1 Å². The third-order valence-electron chi connectivity index (χ3n) is 1.77. The number of aliphatic carboxylic acids is 1. The van der Waals surface area contributed by atoms with Gasteiger partial charge >= 0.3 is 5.97 Å². The second kappa shape index (κ2) is 4.11. The molecule has 1 atom stereocenters. The third-order valence-corrected chi connectivity index (χ3v) is 1.77. The molecule has 0 radical (unpaired) electrons. The van der Waals surface area contributed by atoms with Gasteiger partial charge in [-0.25, -0.2) is 0 Å². The van der Waals surface area contributed by atoms with Crippen LogP contribution in [0, 0.1) is 0 Å². The van der Waals surface area contributed by atoms with Crippen LogP contribution in [0.15, 0.2) is 30.3 Å². The Bertz CT molecular complexity index is 308. The number of hydrogen-bond donors (Lipinski definition) is 2. The van der Waals surface area contributed by atoms with Crippen LogP contribution in [0.4, 0.5) is 0 Å². The summed E-state index contributed by atoms with van der Waals surface area (Å²) < 4.78 is 5.23.